The number of aliphatic hydroxyl groups excluding tert-OH is 2. The average Bonchev–Trinajstić information content (AvgIpc) is 3.64. The SMILES string of the molecule is Cc1cc(Nc2nccc(-n3cc(CN4C=CC=CC(O)=C4)c(C4CC4)n3)n2)cc(C)c1OCCO. The molecule has 5 rings (SSSR count). The molecule has 9 nitrogen and oxygen atoms in total. The average molecular weight is 487 g/mol. The standard InChI is InChI=1S/C27H30N6O3/c1-18-13-22(14-19(2)26(18)36-12-11-34)29-27-28-9-8-24(30-27)33-16-21(25(31-33)20-6-7-20)15-32-10-4-3-5-23(35)17-32/h3-5,8-10,13-14,16-17,20,34-35H,6-7,11-12,15H2,1-2H3,(H,28,29,30). The maximum atomic E-state index is 9.98. The number of benzene rings is 1. The first-order valence-corrected chi connectivity index (χ1v) is 12.1. The number of allylic oxidation sites excluding steroid dienone is 3. The number of hydrogen-bond donors (Lipinski definition) is 3. The number of ether oxygens (including phenoxy) is 1. The second kappa shape index (κ2) is 10.2. The van der Waals surface area contributed by atoms with Gasteiger partial charge in [0.15, 0.2) is 5.82 Å². The van der Waals surface area contributed by atoms with Gasteiger partial charge in [-0.15, -0.1) is 0 Å². The number of aryl methyl sites for hydroxylation is 2. The summed E-state index contributed by atoms with van der Waals surface area (Å²) in [5.74, 6) is 2.59. The quantitative estimate of drug-likeness (QED) is 0.404. The fourth-order valence-corrected chi connectivity index (χ4v) is 4.29. The fraction of sp³-hybridized carbons (Fsp3) is 0.296. The molecule has 2 aromatic heterocycles. The van der Waals surface area contributed by atoms with E-state index < -0.39 is 0 Å². The predicted octanol–water partition coefficient (Wildman–Crippen LogP) is 4.56. The van der Waals surface area contributed by atoms with Crippen LogP contribution in [0.1, 0.15) is 41.1 Å². The lowest BCUT2D eigenvalue weighted by Crippen LogP contribution is -2.10. The Morgan fingerprint density at radius 2 is 1.97 bits per heavy atom. The van der Waals surface area contributed by atoms with Crippen LogP contribution in [0.25, 0.3) is 5.82 Å². The number of aromatic nitrogens is 4. The first-order chi connectivity index (χ1) is 17.5. The highest BCUT2D eigenvalue weighted by atomic mass is 16.5. The highest BCUT2D eigenvalue weighted by molar-refractivity contribution is 5.60. The Morgan fingerprint density at radius 3 is 2.72 bits per heavy atom. The Balaban J connectivity index is 1.38. The minimum Gasteiger partial charge on any atom is -0.506 e. The monoisotopic (exact) mass is 486 g/mol. The predicted molar refractivity (Wildman–Crippen MR) is 137 cm³/mol. The van der Waals surface area contributed by atoms with Crippen LogP contribution in [0.4, 0.5) is 11.6 Å². The summed E-state index contributed by atoms with van der Waals surface area (Å²) in [5, 5.41) is 27.2. The summed E-state index contributed by atoms with van der Waals surface area (Å²) in [6.07, 6.45) is 15.0. The van der Waals surface area contributed by atoms with E-state index in [2.05, 4.69) is 10.3 Å². The van der Waals surface area contributed by atoms with Gasteiger partial charge in [0.1, 0.15) is 18.1 Å². The zero-order chi connectivity index (χ0) is 25.1. The molecule has 1 saturated carbocycles. The molecule has 0 unspecified atom stereocenters. The van der Waals surface area contributed by atoms with Gasteiger partial charge in [-0.3, -0.25) is 0 Å². The molecule has 0 atom stereocenters. The molecule has 3 heterocycles. The Kier molecular flexibility index (Phi) is 6.73. The van der Waals surface area contributed by atoms with Gasteiger partial charge in [0, 0.05) is 48.0 Å². The third kappa shape index (κ3) is 5.41. The number of anilines is 2. The van der Waals surface area contributed by atoms with E-state index in [4.69, 9.17) is 19.9 Å². The Hall–Kier alpha value is -4.11. The molecule has 0 saturated heterocycles. The van der Waals surface area contributed by atoms with Gasteiger partial charge in [0.05, 0.1) is 18.8 Å². The van der Waals surface area contributed by atoms with Crippen LogP contribution in [0.2, 0.25) is 0 Å². The van der Waals surface area contributed by atoms with Crippen molar-refractivity contribution in [2.45, 2.75) is 39.2 Å². The molecule has 1 aromatic carbocycles. The number of nitrogens with one attached hydrogen (secondary N) is 1. The third-order valence-electron chi connectivity index (χ3n) is 6.02. The molecule has 36 heavy (non-hydrogen) atoms. The largest absolute Gasteiger partial charge is 0.506 e. The molecular weight excluding hydrogens is 456 g/mol. The van der Waals surface area contributed by atoms with Crippen LogP contribution in [0.5, 0.6) is 5.75 Å². The molecule has 3 N–H and O–H groups in total. The molecule has 186 valence electrons. The lowest BCUT2D eigenvalue weighted by molar-refractivity contribution is 0.200. The summed E-state index contributed by atoms with van der Waals surface area (Å²) in [5.41, 5.74) is 4.96. The molecule has 3 aromatic rings. The lowest BCUT2D eigenvalue weighted by Gasteiger charge is -2.14. The van der Waals surface area contributed by atoms with Gasteiger partial charge >= 0.3 is 0 Å². The number of aliphatic hydroxyl groups is 2. The van der Waals surface area contributed by atoms with Gasteiger partial charge in [-0.25, -0.2) is 9.67 Å². The summed E-state index contributed by atoms with van der Waals surface area (Å²) in [7, 11) is 0. The maximum absolute atomic E-state index is 9.98. The molecule has 1 aliphatic heterocycles. The van der Waals surface area contributed by atoms with E-state index in [1.54, 1.807) is 18.5 Å². The summed E-state index contributed by atoms with van der Waals surface area (Å²) in [6, 6.07) is 5.78. The molecule has 0 bridgehead atoms. The lowest BCUT2D eigenvalue weighted by atomic mass is 10.1. The van der Waals surface area contributed by atoms with E-state index in [0.717, 1.165) is 46.7 Å². The van der Waals surface area contributed by atoms with Crippen LogP contribution in [-0.2, 0) is 6.54 Å². The second-order valence-electron chi connectivity index (χ2n) is 9.06. The van der Waals surface area contributed by atoms with Gasteiger partial charge in [0.2, 0.25) is 5.95 Å². The van der Waals surface area contributed by atoms with Crippen molar-refractivity contribution in [2.24, 2.45) is 0 Å². The molecule has 0 radical (unpaired) electrons. The van der Waals surface area contributed by atoms with Gasteiger partial charge in [-0.1, -0.05) is 6.08 Å². The van der Waals surface area contributed by atoms with Crippen LogP contribution in [0.3, 0.4) is 0 Å². The smallest absolute Gasteiger partial charge is 0.229 e. The van der Waals surface area contributed by atoms with E-state index in [9.17, 15) is 5.11 Å². The summed E-state index contributed by atoms with van der Waals surface area (Å²) in [6.45, 7) is 4.78. The highest BCUT2D eigenvalue weighted by Crippen LogP contribution is 2.41. The molecule has 9 heteroatoms. The van der Waals surface area contributed by atoms with Crippen molar-refractivity contribution in [1.29, 1.82) is 0 Å². The first kappa shape index (κ1) is 23.6. The summed E-state index contributed by atoms with van der Waals surface area (Å²) >= 11 is 0. The topological polar surface area (TPSA) is 109 Å². The van der Waals surface area contributed by atoms with Gasteiger partial charge in [0.25, 0.3) is 0 Å². The zero-order valence-corrected chi connectivity index (χ0v) is 20.4. The van der Waals surface area contributed by atoms with E-state index in [-0.39, 0.29) is 19.0 Å². The molecular formula is C27H30N6O3. The fourth-order valence-electron chi connectivity index (χ4n) is 4.29. The van der Waals surface area contributed by atoms with E-state index >= 15 is 0 Å². The van der Waals surface area contributed by atoms with Crippen LogP contribution < -0.4 is 10.1 Å². The van der Waals surface area contributed by atoms with Crippen molar-refractivity contribution >= 4 is 11.6 Å². The van der Waals surface area contributed by atoms with Crippen molar-refractivity contribution in [2.75, 3.05) is 18.5 Å². The van der Waals surface area contributed by atoms with Crippen LogP contribution in [0.15, 0.2) is 67.0 Å². The molecule has 2 aliphatic rings. The van der Waals surface area contributed by atoms with Crippen molar-refractivity contribution in [1.82, 2.24) is 24.6 Å². The summed E-state index contributed by atoms with van der Waals surface area (Å²) < 4.78 is 7.46. The van der Waals surface area contributed by atoms with E-state index in [1.807, 2.05) is 66.2 Å². The van der Waals surface area contributed by atoms with Crippen LogP contribution >= 0.6 is 0 Å². The number of hydrogen-bond acceptors (Lipinski definition) is 8. The van der Waals surface area contributed by atoms with Gasteiger partial charge < -0.3 is 25.2 Å². The zero-order valence-electron chi connectivity index (χ0n) is 20.4. The Labute approximate surface area is 210 Å². The first-order valence-electron chi connectivity index (χ1n) is 12.1. The van der Waals surface area contributed by atoms with E-state index in [0.29, 0.717) is 24.2 Å². The minimum atomic E-state index is -0.0256. The Morgan fingerprint density at radius 1 is 1.17 bits per heavy atom. The van der Waals surface area contributed by atoms with Crippen LogP contribution in [-0.4, -0.2) is 48.1 Å². The van der Waals surface area contributed by atoms with Crippen molar-refractivity contribution in [3.05, 3.63) is 89.4 Å². The minimum absolute atomic E-state index is 0.0256. The number of nitrogens with zero attached hydrogens (tertiary/aromatic N) is 5. The number of rotatable bonds is 9. The molecule has 0 amide bonds. The molecule has 1 aliphatic carbocycles. The molecule has 0 spiro atoms. The molecule has 1 fully saturated rings. The second-order valence-corrected chi connectivity index (χ2v) is 9.06. The van der Waals surface area contributed by atoms with Crippen LogP contribution in [0, 0.1) is 13.8 Å². The van der Waals surface area contributed by atoms with Gasteiger partial charge in [-0.05, 0) is 62.1 Å². The van der Waals surface area contributed by atoms with Crippen molar-refractivity contribution < 1.29 is 14.9 Å². The Bertz CT molecular complexity index is 1320. The third-order valence-corrected chi connectivity index (χ3v) is 6.02. The highest BCUT2D eigenvalue weighted by Gasteiger charge is 2.30. The van der Waals surface area contributed by atoms with E-state index in [1.165, 1.54) is 0 Å². The van der Waals surface area contributed by atoms with Crippen molar-refractivity contribution in [3.8, 4) is 11.6 Å². The summed E-state index contributed by atoms with van der Waals surface area (Å²) in [4.78, 5) is 11.0. The van der Waals surface area contributed by atoms with Crippen molar-refractivity contribution in [3.63, 3.8) is 0 Å². The maximum Gasteiger partial charge on any atom is 0.229 e. The van der Waals surface area contributed by atoms with Gasteiger partial charge in [-0.2, -0.15) is 10.1 Å². The normalized spacial score (nSPS) is 15.1.